The molecule has 0 atom stereocenters. The van der Waals surface area contributed by atoms with Gasteiger partial charge < -0.3 is 10.2 Å². The van der Waals surface area contributed by atoms with Gasteiger partial charge in [-0.1, -0.05) is 70.3 Å². The Morgan fingerprint density at radius 1 is 0.640 bits per heavy atom. The lowest BCUT2D eigenvalue weighted by Crippen LogP contribution is -1.84. The van der Waals surface area contributed by atoms with Crippen LogP contribution >= 0.6 is 58.2 Å². The summed E-state index contributed by atoms with van der Waals surface area (Å²) >= 11 is 25.2. The second-order valence-electron chi connectivity index (χ2n) is 5.14. The van der Waals surface area contributed by atoms with Crippen molar-refractivity contribution in [3.63, 3.8) is 0 Å². The topological polar surface area (TPSA) is 40.5 Å². The van der Waals surface area contributed by atoms with E-state index in [0.717, 1.165) is 17.3 Å². The maximum atomic E-state index is 10.7. The normalized spacial score (nSPS) is 10.9. The predicted octanol–water partition coefficient (Wildman–Crippen LogP) is 7.53. The number of phenolic OH excluding ortho intramolecular Hbond substituents is 2. The number of benzene rings is 3. The lowest BCUT2D eigenvalue weighted by atomic mass is 10.0. The fourth-order valence-corrected chi connectivity index (χ4v) is 4.29. The molecule has 0 saturated carbocycles. The van der Waals surface area contributed by atoms with Crippen LogP contribution in [0.2, 0.25) is 20.1 Å². The maximum Gasteiger partial charge on any atom is 0.148 e. The molecule has 0 bridgehead atoms. The zero-order valence-corrected chi connectivity index (χ0v) is 16.3. The van der Waals surface area contributed by atoms with Gasteiger partial charge in [-0.3, -0.25) is 0 Å². The lowest BCUT2D eigenvalue weighted by Gasteiger charge is -2.12. The Labute approximate surface area is 168 Å². The lowest BCUT2D eigenvalue weighted by molar-refractivity contribution is 0.461. The average molecular weight is 432 g/mol. The van der Waals surface area contributed by atoms with Crippen molar-refractivity contribution < 1.29 is 10.2 Å². The molecule has 25 heavy (non-hydrogen) atoms. The number of hydrogen-bond donors (Lipinski definition) is 2. The highest BCUT2D eigenvalue weighted by Crippen LogP contribution is 2.47. The van der Waals surface area contributed by atoms with E-state index in [2.05, 4.69) is 0 Å². The van der Waals surface area contributed by atoms with Crippen molar-refractivity contribution in [2.24, 2.45) is 0 Å². The second kappa shape index (κ2) is 7.56. The molecule has 0 spiro atoms. The molecule has 128 valence electrons. The van der Waals surface area contributed by atoms with Gasteiger partial charge in [-0.15, -0.1) is 0 Å². The molecular formula is C18H10Cl4O2S. The van der Waals surface area contributed by atoms with Crippen molar-refractivity contribution in [1.82, 2.24) is 0 Å². The Morgan fingerprint density at radius 3 is 1.84 bits per heavy atom. The van der Waals surface area contributed by atoms with E-state index in [0.29, 0.717) is 30.4 Å². The molecule has 7 heteroatoms. The highest BCUT2D eigenvalue weighted by atomic mass is 35.5. The van der Waals surface area contributed by atoms with Gasteiger partial charge in [-0.25, -0.2) is 0 Å². The maximum absolute atomic E-state index is 10.7. The molecule has 0 fully saturated rings. The van der Waals surface area contributed by atoms with Crippen molar-refractivity contribution in [1.29, 1.82) is 0 Å². The minimum atomic E-state index is -0.108. The van der Waals surface area contributed by atoms with Crippen molar-refractivity contribution in [2.75, 3.05) is 0 Å². The van der Waals surface area contributed by atoms with Gasteiger partial charge in [0.25, 0.3) is 0 Å². The highest BCUT2D eigenvalue weighted by Gasteiger charge is 2.16. The van der Waals surface area contributed by atoms with Gasteiger partial charge in [0.2, 0.25) is 0 Å². The first-order valence-corrected chi connectivity index (χ1v) is 9.32. The van der Waals surface area contributed by atoms with Crippen molar-refractivity contribution >= 4 is 58.2 Å². The van der Waals surface area contributed by atoms with E-state index in [9.17, 15) is 10.2 Å². The molecule has 3 rings (SSSR count). The van der Waals surface area contributed by atoms with Crippen molar-refractivity contribution in [2.45, 2.75) is 9.79 Å². The third-order valence-electron chi connectivity index (χ3n) is 3.41. The smallest absolute Gasteiger partial charge is 0.148 e. The third-order valence-corrected chi connectivity index (χ3v) is 5.45. The number of hydrogen-bond acceptors (Lipinski definition) is 3. The Balaban J connectivity index is 2.08. The summed E-state index contributed by atoms with van der Waals surface area (Å²) in [5, 5.41) is 22.3. The van der Waals surface area contributed by atoms with Crippen LogP contribution in [0, 0.1) is 0 Å². The minimum absolute atomic E-state index is 0.0345. The standard InChI is InChI=1S/C18H10Cl4O2S/c19-10-3-1-9(2-4-10)13-5-11(20)7-15(17(13)23)25-16-8-12(21)6-14(22)18(16)24/h1-8,23-24H. The van der Waals surface area contributed by atoms with E-state index in [1.165, 1.54) is 6.07 Å². The van der Waals surface area contributed by atoms with Crippen molar-refractivity contribution in [3.8, 4) is 22.6 Å². The fourth-order valence-electron chi connectivity index (χ4n) is 2.24. The van der Waals surface area contributed by atoms with Crippen LogP contribution in [0.4, 0.5) is 0 Å². The van der Waals surface area contributed by atoms with E-state index in [4.69, 9.17) is 46.4 Å². The zero-order valence-electron chi connectivity index (χ0n) is 12.4. The molecule has 0 radical (unpaired) electrons. The van der Waals surface area contributed by atoms with E-state index in [-0.39, 0.29) is 16.5 Å². The van der Waals surface area contributed by atoms with Gasteiger partial charge in [0, 0.05) is 20.6 Å². The number of phenols is 2. The molecule has 2 nitrogen and oxygen atoms in total. The number of halogens is 4. The SMILES string of the molecule is Oc1c(Cl)cc(Cl)cc1Sc1cc(Cl)cc(-c2ccc(Cl)cc2)c1O. The van der Waals surface area contributed by atoms with Crippen molar-refractivity contribution in [3.05, 3.63) is 68.6 Å². The summed E-state index contributed by atoms with van der Waals surface area (Å²) in [5.41, 5.74) is 1.32. The monoisotopic (exact) mass is 430 g/mol. The van der Waals surface area contributed by atoms with Crippen LogP contribution in [0.15, 0.2) is 58.3 Å². The first-order chi connectivity index (χ1) is 11.8. The summed E-state index contributed by atoms with van der Waals surface area (Å²) in [6, 6.07) is 13.3. The molecule has 0 aliphatic carbocycles. The van der Waals surface area contributed by atoms with Crippen LogP contribution in [0.25, 0.3) is 11.1 Å². The molecule has 0 aliphatic rings. The predicted molar refractivity (Wildman–Crippen MR) is 106 cm³/mol. The molecular weight excluding hydrogens is 422 g/mol. The molecule has 0 aliphatic heterocycles. The molecule has 0 aromatic heterocycles. The highest BCUT2D eigenvalue weighted by molar-refractivity contribution is 7.99. The quantitative estimate of drug-likeness (QED) is 0.450. The van der Waals surface area contributed by atoms with Crippen LogP contribution in [0.5, 0.6) is 11.5 Å². The molecule has 0 heterocycles. The first-order valence-electron chi connectivity index (χ1n) is 6.99. The molecule has 3 aromatic rings. The van der Waals surface area contributed by atoms with Gasteiger partial charge in [0.15, 0.2) is 0 Å². The Bertz CT molecular complexity index is 943. The van der Waals surface area contributed by atoms with Crippen LogP contribution in [0.3, 0.4) is 0 Å². The third kappa shape index (κ3) is 4.13. The summed E-state index contributed by atoms with van der Waals surface area (Å²) in [6.07, 6.45) is 0. The zero-order chi connectivity index (χ0) is 18.1. The van der Waals surface area contributed by atoms with Crippen LogP contribution < -0.4 is 0 Å². The summed E-state index contributed by atoms with van der Waals surface area (Å²) in [6.45, 7) is 0. The summed E-state index contributed by atoms with van der Waals surface area (Å²) in [5.74, 6) is -0.0734. The van der Waals surface area contributed by atoms with E-state index in [1.807, 2.05) is 0 Å². The average Bonchev–Trinajstić information content (AvgIpc) is 2.56. The van der Waals surface area contributed by atoms with Gasteiger partial charge >= 0.3 is 0 Å². The van der Waals surface area contributed by atoms with E-state index < -0.39 is 0 Å². The number of aromatic hydroxyl groups is 2. The van der Waals surface area contributed by atoms with Gasteiger partial charge in [-0.2, -0.15) is 0 Å². The molecule has 0 unspecified atom stereocenters. The summed E-state index contributed by atoms with van der Waals surface area (Å²) in [7, 11) is 0. The van der Waals surface area contributed by atoms with Gasteiger partial charge in [-0.05, 0) is 42.0 Å². The van der Waals surface area contributed by atoms with Gasteiger partial charge in [0.05, 0.1) is 14.8 Å². The molecule has 0 amide bonds. The summed E-state index contributed by atoms with van der Waals surface area (Å²) in [4.78, 5) is 0.878. The van der Waals surface area contributed by atoms with E-state index >= 15 is 0 Å². The first kappa shape index (κ1) is 18.6. The van der Waals surface area contributed by atoms with Gasteiger partial charge in [0.1, 0.15) is 11.5 Å². The number of rotatable bonds is 3. The summed E-state index contributed by atoms with van der Waals surface area (Å²) < 4.78 is 0. The molecule has 0 saturated heterocycles. The van der Waals surface area contributed by atoms with E-state index in [1.54, 1.807) is 42.5 Å². The fraction of sp³-hybridized carbons (Fsp3) is 0. The van der Waals surface area contributed by atoms with Crippen LogP contribution in [-0.4, -0.2) is 10.2 Å². The van der Waals surface area contributed by atoms with Crippen LogP contribution in [-0.2, 0) is 0 Å². The molecule has 3 aromatic carbocycles. The largest absolute Gasteiger partial charge is 0.506 e. The Kier molecular flexibility index (Phi) is 5.62. The second-order valence-corrected chi connectivity index (χ2v) is 7.94. The Hall–Kier alpha value is -1.23. The molecule has 2 N–H and O–H groups in total. The van der Waals surface area contributed by atoms with Crippen LogP contribution in [0.1, 0.15) is 0 Å². The minimum Gasteiger partial charge on any atom is -0.506 e. The Morgan fingerprint density at radius 2 is 1.20 bits per heavy atom.